The van der Waals surface area contributed by atoms with Crippen molar-refractivity contribution in [1.82, 2.24) is 0 Å². The standard InChI is InChI=1S/C7H12O2/c1-2-3-6-4-5-9-7(6)8/h4,7-8H,2-3,5H2,1H3. The predicted molar refractivity (Wildman–Crippen MR) is 34.9 cm³/mol. The van der Waals surface area contributed by atoms with Crippen LogP contribution < -0.4 is 0 Å². The van der Waals surface area contributed by atoms with Gasteiger partial charge in [0, 0.05) is 0 Å². The van der Waals surface area contributed by atoms with E-state index in [1.807, 2.05) is 6.08 Å². The van der Waals surface area contributed by atoms with E-state index in [4.69, 9.17) is 9.84 Å². The van der Waals surface area contributed by atoms with Gasteiger partial charge in [-0.1, -0.05) is 19.4 Å². The zero-order valence-electron chi connectivity index (χ0n) is 5.63. The van der Waals surface area contributed by atoms with E-state index in [0.717, 1.165) is 18.4 Å². The predicted octanol–water partition coefficient (Wildman–Crippen LogP) is 1.06. The Kier molecular flexibility index (Phi) is 2.25. The third kappa shape index (κ3) is 1.53. The van der Waals surface area contributed by atoms with Gasteiger partial charge < -0.3 is 9.84 Å². The third-order valence-corrected chi connectivity index (χ3v) is 1.46. The minimum absolute atomic E-state index is 0.580. The van der Waals surface area contributed by atoms with Crippen LogP contribution in [0.1, 0.15) is 19.8 Å². The highest BCUT2D eigenvalue weighted by atomic mass is 16.6. The number of hydrogen-bond donors (Lipinski definition) is 1. The maximum Gasteiger partial charge on any atom is 0.177 e. The van der Waals surface area contributed by atoms with Gasteiger partial charge in [-0.25, -0.2) is 0 Å². The van der Waals surface area contributed by atoms with Crippen molar-refractivity contribution in [3.05, 3.63) is 11.6 Å². The van der Waals surface area contributed by atoms with Crippen LogP contribution in [-0.4, -0.2) is 18.0 Å². The molecule has 1 aliphatic heterocycles. The molecule has 0 spiro atoms. The zero-order chi connectivity index (χ0) is 6.69. The van der Waals surface area contributed by atoms with Crippen molar-refractivity contribution in [2.24, 2.45) is 0 Å². The highest BCUT2D eigenvalue weighted by molar-refractivity contribution is 5.09. The second-order valence-electron chi connectivity index (χ2n) is 2.21. The van der Waals surface area contributed by atoms with Crippen LogP contribution in [0.5, 0.6) is 0 Å². The molecule has 1 rings (SSSR count). The molecule has 0 saturated carbocycles. The maximum atomic E-state index is 9.03. The molecule has 0 bridgehead atoms. The lowest BCUT2D eigenvalue weighted by atomic mass is 10.1. The minimum Gasteiger partial charge on any atom is -0.364 e. The lowest BCUT2D eigenvalue weighted by Crippen LogP contribution is -2.07. The molecule has 0 fully saturated rings. The summed E-state index contributed by atoms with van der Waals surface area (Å²) in [6.07, 6.45) is 3.38. The second-order valence-corrected chi connectivity index (χ2v) is 2.21. The molecule has 1 aliphatic rings. The number of ether oxygens (including phenoxy) is 1. The topological polar surface area (TPSA) is 29.5 Å². The number of aliphatic hydroxyl groups is 1. The van der Waals surface area contributed by atoms with E-state index >= 15 is 0 Å². The van der Waals surface area contributed by atoms with E-state index in [9.17, 15) is 0 Å². The minimum atomic E-state index is -0.607. The Hall–Kier alpha value is -0.340. The van der Waals surface area contributed by atoms with Crippen molar-refractivity contribution in [2.45, 2.75) is 26.1 Å². The summed E-state index contributed by atoms with van der Waals surface area (Å²) in [6, 6.07) is 0. The van der Waals surface area contributed by atoms with Crippen LogP contribution in [0, 0.1) is 0 Å². The van der Waals surface area contributed by atoms with Gasteiger partial charge >= 0.3 is 0 Å². The van der Waals surface area contributed by atoms with Crippen molar-refractivity contribution in [3.8, 4) is 0 Å². The summed E-state index contributed by atoms with van der Waals surface area (Å²) in [4.78, 5) is 0. The fourth-order valence-electron chi connectivity index (χ4n) is 0.968. The normalized spacial score (nSPS) is 26.4. The molecule has 0 aromatic carbocycles. The summed E-state index contributed by atoms with van der Waals surface area (Å²) >= 11 is 0. The van der Waals surface area contributed by atoms with Crippen LogP contribution in [0.2, 0.25) is 0 Å². The summed E-state index contributed by atoms with van der Waals surface area (Å²) in [7, 11) is 0. The van der Waals surface area contributed by atoms with Gasteiger partial charge in [0.15, 0.2) is 6.29 Å². The van der Waals surface area contributed by atoms with Crippen LogP contribution in [0.15, 0.2) is 11.6 Å². The maximum absolute atomic E-state index is 9.03. The Morgan fingerprint density at radius 1 is 1.89 bits per heavy atom. The van der Waals surface area contributed by atoms with Crippen molar-refractivity contribution in [2.75, 3.05) is 6.61 Å². The SMILES string of the molecule is CCCC1=CCOC1O. The Bertz CT molecular complexity index is 118. The molecule has 1 atom stereocenters. The molecule has 0 aromatic heterocycles. The van der Waals surface area contributed by atoms with E-state index in [1.165, 1.54) is 0 Å². The van der Waals surface area contributed by atoms with Gasteiger partial charge in [-0.15, -0.1) is 0 Å². The van der Waals surface area contributed by atoms with E-state index in [-0.39, 0.29) is 0 Å². The molecule has 2 nitrogen and oxygen atoms in total. The fourth-order valence-corrected chi connectivity index (χ4v) is 0.968. The first-order valence-corrected chi connectivity index (χ1v) is 3.33. The van der Waals surface area contributed by atoms with Crippen molar-refractivity contribution in [3.63, 3.8) is 0 Å². The Labute approximate surface area is 55.1 Å². The highest BCUT2D eigenvalue weighted by Gasteiger charge is 2.14. The molecule has 0 amide bonds. The number of aliphatic hydroxyl groups excluding tert-OH is 1. The van der Waals surface area contributed by atoms with Gasteiger partial charge in [-0.2, -0.15) is 0 Å². The highest BCUT2D eigenvalue weighted by Crippen LogP contribution is 2.16. The Morgan fingerprint density at radius 2 is 2.67 bits per heavy atom. The first kappa shape index (κ1) is 6.78. The quantitative estimate of drug-likeness (QED) is 0.563. The fraction of sp³-hybridized carbons (Fsp3) is 0.714. The van der Waals surface area contributed by atoms with Crippen LogP contribution >= 0.6 is 0 Å². The molecular formula is C7H12O2. The summed E-state index contributed by atoms with van der Waals surface area (Å²) in [5.41, 5.74) is 1.04. The average Bonchev–Trinajstić information content (AvgIpc) is 2.18. The summed E-state index contributed by atoms with van der Waals surface area (Å²) in [6.45, 7) is 2.67. The summed E-state index contributed by atoms with van der Waals surface area (Å²) < 4.78 is 4.88. The molecule has 0 radical (unpaired) electrons. The van der Waals surface area contributed by atoms with E-state index in [1.54, 1.807) is 0 Å². The summed E-state index contributed by atoms with van der Waals surface area (Å²) in [5, 5.41) is 9.03. The van der Waals surface area contributed by atoms with Crippen LogP contribution in [-0.2, 0) is 4.74 Å². The summed E-state index contributed by atoms with van der Waals surface area (Å²) in [5.74, 6) is 0. The first-order valence-electron chi connectivity index (χ1n) is 3.33. The molecule has 2 heteroatoms. The van der Waals surface area contributed by atoms with Crippen molar-refractivity contribution < 1.29 is 9.84 Å². The molecule has 52 valence electrons. The molecular weight excluding hydrogens is 116 g/mol. The van der Waals surface area contributed by atoms with Crippen molar-refractivity contribution >= 4 is 0 Å². The smallest absolute Gasteiger partial charge is 0.177 e. The number of hydrogen-bond acceptors (Lipinski definition) is 2. The lowest BCUT2D eigenvalue weighted by molar-refractivity contribution is -0.0470. The average molecular weight is 128 g/mol. The van der Waals surface area contributed by atoms with E-state index in [2.05, 4.69) is 6.92 Å². The van der Waals surface area contributed by atoms with Gasteiger partial charge in [-0.3, -0.25) is 0 Å². The number of rotatable bonds is 2. The molecule has 9 heavy (non-hydrogen) atoms. The van der Waals surface area contributed by atoms with Crippen molar-refractivity contribution in [1.29, 1.82) is 0 Å². The largest absolute Gasteiger partial charge is 0.364 e. The van der Waals surface area contributed by atoms with Crippen LogP contribution in [0.25, 0.3) is 0 Å². The Morgan fingerprint density at radius 3 is 3.11 bits per heavy atom. The van der Waals surface area contributed by atoms with Gasteiger partial charge in [-0.05, 0) is 12.0 Å². The van der Waals surface area contributed by atoms with Crippen LogP contribution in [0.4, 0.5) is 0 Å². The van der Waals surface area contributed by atoms with Gasteiger partial charge in [0.05, 0.1) is 6.61 Å². The van der Waals surface area contributed by atoms with Gasteiger partial charge in [0.1, 0.15) is 0 Å². The zero-order valence-corrected chi connectivity index (χ0v) is 5.63. The van der Waals surface area contributed by atoms with Gasteiger partial charge in [0.25, 0.3) is 0 Å². The molecule has 0 aromatic rings. The van der Waals surface area contributed by atoms with Gasteiger partial charge in [0.2, 0.25) is 0 Å². The lowest BCUT2D eigenvalue weighted by Gasteiger charge is -2.04. The third-order valence-electron chi connectivity index (χ3n) is 1.46. The molecule has 0 saturated heterocycles. The molecule has 1 unspecified atom stereocenters. The molecule has 0 aliphatic carbocycles. The van der Waals surface area contributed by atoms with Crippen LogP contribution in [0.3, 0.4) is 0 Å². The van der Waals surface area contributed by atoms with E-state index < -0.39 is 6.29 Å². The molecule has 1 heterocycles. The molecule has 1 N–H and O–H groups in total. The first-order chi connectivity index (χ1) is 4.34. The Balaban J connectivity index is 2.38. The monoisotopic (exact) mass is 128 g/mol. The van der Waals surface area contributed by atoms with E-state index in [0.29, 0.717) is 6.61 Å². The second kappa shape index (κ2) is 2.99.